The third kappa shape index (κ3) is 4.93. The number of rotatable bonds is 5. The maximum absolute atomic E-state index is 9.75. The number of β-amino-alcohol motifs (C(OH)–C–C–N with tert-alkyl or cyclic N) is 1. The van der Waals surface area contributed by atoms with Gasteiger partial charge in [0.2, 0.25) is 0 Å². The lowest BCUT2D eigenvalue weighted by molar-refractivity contribution is -0.0278. The summed E-state index contributed by atoms with van der Waals surface area (Å²) in [5, 5.41) is 19.4. The Hall–Kier alpha value is -0.160. The number of aliphatic hydroxyl groups excluding tert-OH is 1. The van der Waals surface area contributed by atoms with Crippen LogP contribution in [0.4, 0.5) is 0 Å². The van der Waals surface area contributed by atoms with Crippen LogP contribution in [0, 0.1) is 0 Å². The molecule has 1 saturated heterocycles. The molecular weight excluding hydrogens is 194 g/mol. The second-order valence-electron chi connectivity index (χ2n) is 4.61. The minimum Gasteiger partial charge on any atom is -0.390 e. The first-order valence-corrected chi connectivity index (χ1v) is 5.74. The van der Waals surface area contributed by atoms with Crippen molar-refractivity contribution in [1.29, 1.82) is 0 Å². The van der Waals surface area contributed by atoms with Gasteiger partial charge in [0.05, 0.1) is 18.3 Å². The Bertz CT molecular complexity index is 175. The van der Waals surface area contributed by atoms with Gasteiger partial charge in [0.1, 0.15) is 0 Å². The number of ether oxygens (including phenoxy) is 1. The molecule has 0 saturated carbocycles. The molecule has 1 unspecified atom stereocenters. The van der Waals surface area contributed by atoms with E-state index >= 15 is 0 Å². The van der Waals surface area contributed by atoms with Gasteiger partial charge < -0.3 is 19.8 Å². The minimum absolute atomic E-state index is 0.406. The molecule has 1 fully saturated rings. The Balaban J connectivity index is 2.17. The van der Waals surface area contributed by atoms with E-state index < -0.39 is 11.7 Å². The third-order valence-corrected chi connectivity index (χ3v) is 2.92. The summed E-state index contributed by atoms with van der Waals surface area (Å²) in [6, 6.07) is 0. The van der Waals surface area contributed by atoms with Gasteiger partial charge in [0.25, 0.3) is 0 Å². The normalized spacial score (nSPS) is 24.0. The van der Waals surface area contributed by atoms with E-state index in [1.165, 1.54) is 0 Å². The Morgan fingerprint density at radius 3 is 2.53 bits per heavy atom. The van der Waals surface area contributed by atoms with Gasteiger partial charge in [-0.15, -0.1) is 0 Å². The number of nitrogens with zero attached hydrogens (tertiary/aromatic N) is 1. The monoisotopic (exact) mass is 217 g/mol. The summed E-state index contributed by atoms with van der Waals surface area (Å²) in [4.78, 5) is 2.18. The maximum Gasteiger partial charge on any atom is 0.0900 e. The Kier molecular flexibility index (Phi) is 4.99. The number of hydrogen-bond acceptors (Lipinski definition) is 4. The van der Waals surface area contributed by atoms with Crippen molar-refractivity contribution in [3.63, 3.8) is 0 Å². The molecule has 0 spiro atoms. The summed E-state index contributed by atoms with van der Waals surface area (Å²) in [7, 11) is 0. The van der Waals surface area contributed by atoms with E-state index in [2.05, 4.69) is 4.90 Å². The third-order valence-electron chi connectivity index (χ3n) is 2.92. The highest BCUT2D eigenvalue weighted by molar-refractivity contribution is 4.82. The first kappa shape index (κ1) is 12.9. The molecule has 0 amide bonds. The van der Waals surface area contributed by atoms with Gasteiger partial charge in [-0.25, -0.2) is 0 Å². The van der Waals surface area contributed by atoms with Crippen LogP contribution >= 0.6 is 0 Å². The van der Waals surface area contributed by atoms with Crippen molar-refractivity contribution >= 4 is 0 Å². The highest BCUT2D eigenvalue weighted by Crippen LogP contribution is 2.20. The zero-order chi connectivity index (χ0) is 11.3. The predicted octanol–water partition coefficient (Wildman–Crippen LogP) is 0.231. The van der Waals surface area contributed by atoms with Crippen LogP contribution in [0.1, 0.15) is 26.7 Å². The molecule has 4 nitrogen and oxygen atoms in total. The van der Waals surface area contributed by atoms with Crippen molar-refractivity contribution in [2.45, 2.75) is 38.4 Å². The molecule has 0 aromatic carbocycles. The van der Waals surface area contributed by atoms with Crippen LogP contribution in [-0.4, -0.2) is 59.7 Å². The van der Waals surface area contributed by atoms with Gasteiger partial charge in [-0.1, -0.05) is 0 Å². The molecule has 1 aliphatic heterocycles. The summed E-state index contributed by atoms with van der Waals surface area (Å²) in [6.45, 7) is 7.21. The average Bonchev–Trinajstić information content (AvgIpc) is 2.18. The number of aliphatic hydroxyl groups is 2. The van der Waals surface area contributed by atoms with E-state index in [0.717, 1.165) is 25.9 Å². The fourth-order valence-corrected chi connectivity index (χ4v) is 1.82. The van der Waals surface area contributed by atoms with Crippen molar-refractivity contribution in [3.8, 4) is 0 Å². The van der Waals surface area contributed by atoms with Crippen molar-refractivity contribution < 1.29 is 14.9 Å². The summed E-state index contributed by atoms with van der Waals surface area (Å²) < 4.78 is 5.15. The Labute approximate surface area is 91.8 Å². The second-order valence-corrected chi connectivity index (χ2v) is 4.61. The highest BCUT2D eigenvalue weighted by atomic mass is 16.5. The zero-order valence-corrected chi connectivity index (χ0v) is 9.78. The van der Waals surface area contributed by atoms with E-state index in [1.54, 1.807) is 0 Å². The van der Waals surface area contributed by atoms with Crippen LogP contribution < -0.4 is 0 Å². The lowest BCUT2D eigenvalue weighted by atomic mass is 9.94. The molecule has 0 bridgehead atoms. The number of hydrogen-bond donors (Lipinski definition) is 2. The molecule has 1 heterocycles. The highest BCUT2D eigenvalue weighted by Gasteiger charge is 2.27. The van der Waals surface area contributed by atoms with Gasteiger partial charge in [0.15, 0.2) is 0 Å². The van der Waals surface area contributed by atoms with Crippen molar-refractivity contribution in [1.82, 2.24) is 4.90 Å². The van der Waals surface area contributed by atoms with Gasteiger partial charge in [-0.3, -0.25) is 0 Å². The maximum atomic E-state index is 9.75. The lowest BCUT2D eigenvalue weighted by Crippen LogP contribution is -2.45. The Morgan fingerprint density at radius 1 is 1.40 bits per heavy atom. The minimum atomic E-state index is -0.513. The van der Waals surface area contributed by atoms with Crippen LogP contribution in [0.25, 0.3) is 0 Å². The van der Waals surface area contributed by atoms with Crippen LogP contribution in [0.3, 0.4) is 0 Å². The molecule has 1 rings (SSSR count). The molecule has 90 valence electrons. The van der Waals surface area contributed by atoms with E-state index in [0.29, 0.717) is 19.8 Å². The molecule has 4 heteroatoms. The predicted molar refractivity (Wildman–Crippen MR) is 58.8 cm³/mol. The molecule has 0 radical (unpaired) electrons. The van der Waals surface area contributed by atoms with E-state index in [9.17, 15) is 10.2 Å². The molecule has 0 aromatic heterocycles. The molecule has 0 aliphatic carbocycles. The van der Waals surface area contributed by atoms with Crippen molar-refractivity contribution in [2.75, 3.05) is 32.8 Å². The average molecular weight is 217 g/mol. The quantitative estimate of drug-likeness (QED) is 0.692. The van der Waals surface area contributed by atoms with Crippen LogP contribution in [0.5, 0.6) is 0 Å². The molecule has 2 N–H and O–H groups in total. The molecule has 0 aromatic rings. The smallest absolute Gasteiger partial charge is 0.0900 e. The fourth-order valence-electron chi connectivity index (χ4n) is 1.82. The SMILES string of the molecule is CCOCC(O)CN1CCC(C)(O)CC1. The standard InChI is InChI=1S/C11H23NO3/c1-3-15-9-10(13)8-12-6-4-11(2,14)5-7-12/h10,13-14H,3-9H2,1-2H3. The van der Waals surface area contributed by atoms with Gasteiger partial charge in [-0.05, 0) is 26.7 Å². The number of likely N-dealkylation sites (tertiary alicyclic amines) is 1. The van der Waals surface area contributed by atoms with Gasteiger partial charge in [0, 0.05) is 26.2 Å². The van der Waals surface area contributed by atoms with Gasteiger partial charge >= 0.3 is 0 Å². The van der Waals surface area contributed by atoms with Gasteiger partial charge in [-0.2, -0.15) is 0 Å². The molecular formula is C11H23NO3. The molecule has 15 heavy (non-hydrogen) atoms. The topological polar surface area (TPSA) is 52.9 Å². The van der Waals surface area contributed by atoms with E-state index in [4.69, 9.17) is 4.74 Å². The number of piperidine rings is 1. The largest absolute Gasteiger partial charge is 0.390 e. The molecule has 1 aliphatic rings. The fraction of sp³-hybridized carbons (Fsp3) is 1.00. The summed E-state index contributed by atoms with van der Waals surface area (Å²) in [5.74, 6) is 0. The Morgan fingerprint density at radius 2 is 2.00 bits per heavy atom. The molecule has 1 atom stereocenters. The van der Waals surface area contributed by atoms with Crippen LogP contribution in [0.15, 0.2) is 0 Å². The second kappa shape index (κ2) is 5.80. The summed E-state index contributed by atoms with van der Waals surface area (Å²) in [6.07, 6.45) is 1.16. The first-order valence-electron chi connectivity index (χ1n) is 5.74. The van der Waals surface area contributed by atoms with Crippen molar-refractivity contribution in [2.24, 2.45) is 0 Å². The van der Waals surface area contributed by atoms with Crippen LogP contribution in [-0.2, 0) is 4.74 Å². The van der Waals surface area contributed by atoms with Crippen molar-refractivity contribution in [3.05, 3.63) is 0 Å². The lowest BCUT2D eigenvalue weighted by Gasteiger charge is -2.36. The summed E-state index contributed by atoms with van der Waals surface area (Å²) >= 11 is 0. The van der Waals surface area contributed by atoms with E-state index in [-0.39, 0.29) is 0 Å². The van der Waals surface area contributed by atoms with Crippen LogP contribution in [0.2, 0.25) is 0 Å². The van der Waals surface area contributed by atoms with E-state index in [1.807, 2.05) is 13.8 Å². The first-order chi connectivity index (χ1) is 7.03. The zero-order valence-electron chi connectivity index (χ0n) is 9.78. The summed E-state index contributed by atoms with van der Waals surface area (Å²) in [5.41, 5.74) is -0.513.